The average molecular weight is 203 g/mol. The maximum absolute atomic E-state index is 11.3. The van der Waals surface area contributed by atoms with Gasteiger partial charge in [0.1, 0.15) is 5.75 Å². The van der Waals surface area contributed by atoms with Gasteiger partial charge in [0.05, 0.1) is 0 Å². The summed E-state index contributed by atoms with van der Waals surface area (Å²) in [6.45, 7) is 0. The van der Waals surface area contributed by atoms with E-state index in [4.69, 9.17) is 5.11 Å². The van der Waals surface area contributed by atoms with E-state index < -0.39 is 0 Å². The van der Waals surface area contributed by atoms with Gasteiger partial charge < -0.3 is 10.4 Å². The molecule has 0 saturated heterocycles. The summed E-state index contributed by atoms with van der Waals surface area (Å²) in [4.78, 5) is 11.3. The van der Waals surface area contributed by atoms with E-state index in [0.29, 0.717) is 6.04 Å². The van der Waals surface area contributed by atoms with Gasteiger partial charge in [0, 0.05) is 12.1 Å². The first kappa shape index (κ1) is 9.77. The molecule has 0 radical (unpaired) electrons. The Balaban J connectivity index is 1.91. The van der Waals surface area contributed by atoms with Crippen molar-refractivity contribution in [3.8, 4) is 5.75 Å². The molecule has 3 heteroatoms. The van der Waals surface area contributed by atoms with E-state index >= 15 is 0 Å². The van der Waals surface area contributed by atoms with Crippen LogP contribution in [0.4, 0.5) is 0 Å². The maximum Gasteiger partial charge on any atom is 0.244 e. The summed E-state index contributed by atoms with van der Waals surface area (Å²) in [5.41, 5.74) is 0.902. The molecule has 0 bridgehead atoms. The fraction of sp³-hybridized carbons (Fsp3) is 0.250. The molecule has 0 aromatic heterocycles. The Labute approximate surface area is 88.4 Å². The monoisotopic (exact) mass is 203 g/mol. The van der Waals surface area contributed by atoms with Crippen molar-refractivity contribution >= 4 is 12.0 Å². The molecule has 15 heavy (non-hydrogen) atoms. The molecule has 0 spiro atoms. The number of carbonyl (C=O) groups is 1. The molecule has 2 N–H and O–H groups in total. The van der Waals surface area contributed by atoms with E-state index in [1.807, 2.05) is 0 Å². The summed E-state index contributed by atoms with van der Waals surface area (Å²) in [5.74, 6) is 0.181. The zero-order valence-corrected chi connectivity index (χ0v) is 8.31. The fourth-order valence-corrected chi connectivity index (χ4v) is 1.23. The first-order valence-electron chi connectivity index (χ1n) is 5.01. The zero-order valence-electron chi connectivity index (χ0n) is 8.31. The van der Waals surface area contributed by atoms with Crippen LogP contribution in [0.5, 0.6) is 5.75 Å². The van der Waals surface area contributed by atoms with Crippen molar-refractivity contribution in [2.75, 3.05) is 0 Å². The Morgan fingerprint density at radius 3 is 2.60 bits per heavy atom. The summed E-state index contributed by atoms with van der Waals surface area (Å²) in [7, 11) is 0. The van der Waals surface area contributed by atoms with Crippen molar-refractivity contribution in [2.24, 2.45) is 0 Å². The van der Waals surface area contributed by atoms with Gasteiger partial charge in [-0.05, 0) is 36.6 Å². The standard InChI is InChI=1S/C12H13NO2/c14-11-6-1-9(2-7-11)3-8-12(15)13-10-4-5-10/h1-3,6-8,10,14H,4-5H2,(H,13,15). The number of nitrogens with one attached hydrogen (secondary N) is 1. The molecule has 1 fully saturated rings. The van der Waals surface area contributed by atoms with Gasteiger partial charge in [0.25, 0.3) is 0 Å². The summed E-state index contributed by atoms with van der Waals surface area (Å²) in [5, 5.41) is 11.9. The SMILES string of the molecule is O=C(C=Cc1ccc(O)cc1)NC1CC1. The third kappa shape index (κ3) is 3.13. The molecule has 78 valence electrons. The van der Waals surface area contributed by atoms with E-state index in [2.05, 4.69) is 5.32 Å². The highest BCUT2D eigenvalue weighted by atomic mass is 16.3. The van der Waals surface area contributed by atoms with Gasteiger partial charge in [0.2, 0.25) is 5.91 Å². The molecular formula is C12H13NO2. The lowest BCUT2D eigenvalue weighted by Gasteiger charge is -1.97. The number of phenolic OH excluding ortho intramolecular Hbond substituents is 1. The summed E-state index contributed by atoms with van der Waals surface area (Å²) < 4.78 is 0. The normalized spacial score (nSPS) is 15.5. The van der Waals surface area contributed by atoms with Crippen LogP contribution >= 0.6 is 0 Å². The minimum Gasteiger partial charge on any atom is -0.508 e. The molecule has 0 heterocycles. The molecule has 1 aliphatic rings. The number of carbonyl (C=O) groups excluding carboxylic acids is 1. The number of rotatable bonds is 3. The van der Waals surface area contributed by atoms with Crippen molar-refractivity contribution < 1.29 is 9.90 Å². The number of benzene rings is 1. The van der Waals surface area contributed by atoms with Crippen LogP contribution in [0.3, 0.4) is 0 Å². The fourth-order valence-electron chi connectivity index (χ4n) is 1.23. The Morgan fingerprint density at radius 1 is 1.33 bits per heavy atom. The van der Waals surface area contributed by atoms with E-state index in [0.717, 1.165) is 18.4 Å². The van der Waals surface area contributed by atoms with E-state index in [1.54, 1.807) is 30.3 Å². The number of hydrogen-bond acceptors (Lipinski definition) is 2. The second kappa shape index (κ2) is 4.17. The van der Waals surface area contributed by atoms with E-state index in [-0.39, 0.29) is 11.7 Å². The van der Waals surface area contributed by atoms with Gasteiger partial charge in [0.15, 0.2) is 0 Å². The van der Waals surface area contributed by atoms with E-state index in [1.165, 1.54) is 6.08 Å². The van der Waals surface area contributed by atoms with Gasteiger partial charge in [-0.1, -0.05) is 12.1 Å². The summed E-state index contributed by atoms with van der Waals surface area (Å²) in [6.07, 6.45) is 5.44. The van der Waals surface area contributed by atoms with Crippen LogP contribution in [0.15, 0.2) is 30.3 Å². The molecule has 0 aliphatic heterocycles. The molecule has 2 rings (SSSR count). The minimum atomic E-state index is -0.0504. The number of amides is 1. The molecular weight excluding hydrogens is 190 g/mol. The molecule has 1 saturated carbocycles. The first-order chi connectivity index (χ1) is 7.24. The smallest absolute Gasteiger partial charge is 0.244 e. The molecule has 3 nitrogen and oxygen atoms in total. The largest absolute Gasteiger partial charge is 0.508 e. The van der Waals surface area contributed by atoms with Crippen LogP contribution in [0.25, 0.3) is 6.08 Å². The third-order valence-corrected chi connectivity index (χ3v) is 2.24. The van der Waals surface area contributed by atoms with Crippen LogP contribution in [-0.2, 0) is 4.79 Å². The van der Waals surface area contributed by atoms with Crippen molar-refractivity contribution in [2.45, 2.75) is 18.9 Å². The molecule has 1 amide bonds. The zero-order chi connectivity index (χ0) is 10.7. The number of aromatic hydroxyl groups is 1. The molecule has 0 atom stereocenters. The van der Waals surface area contributed by atoms with Crippen molar-refractivity contribution in [1.82, 2.24) is 5.32 Å². The van der Waals surface area contributed by atoms with Crippen LogP contribution < -0.4 is 5.32 Å². The lowest BCUT2D eigenvalue weighted by atomic mass is 10.2. The molecule has 1 aliphatic carbocycles. The van der Waals surface area contributed by atoms with Crippen molar-refractivity contribution in [3.63, 3.8) is 0 Å². The Kier molecular flexibility index (Phi) is 2.72. The predicted octanol–water partition coefficient (Wildman–Crippen LogP) is 1.68. The van der Waals surface area contributed by atoms with Gasteiger partial charge in [-0.2, -0.15) is 0 Å². The van der Waals surface area contributed by atoms with Crippen LogP contribution in [0.1, 0.15) is 18.4 Å². The van der Waals surface area contributed by atoms with Crippen LogP contribution in [0.2, 0.25) is 0 Å². The Morgan fingerprint density at radius 2 is 2.00 bits per heavy atom. The second-order valence-electron chi connectivity index (χ2n) is 3.71. The summed E-state index contributed by atoms with van der Waals surface area (Å²) in [6, 6.07) is 7.10. The number of hydrogen-bond donors (Lipinski definition) is 2. The second-order valence-corrected chi connectivity index (χ2v) is 3.71. The van der Waals surface area contributed by atoms with Gasteiger partial charge in [-0.15, -0.1) is 0 Å². The Bertz CT molecular complexity index is 377. The minimum absolute atomic E-state index is 0.0504. The number of phenols is 1. The van der Waals surface area contributed by atoms with Crippen LogP contribution in [-0.4, -0.2) is 17.1 Å². The predicted molar refractivity (Wildman–Crippen MR) is 58.3 cm³/mol. The molecule has 0 unspecified atom stereocenters. The highest BCUT2D eigenvalue weighted by molar-refractivity contribution is 5.92. The van der Waals surface area contributed by atoms with Gasteiger partial charge in [-0.25, -0.2) is 0 Å². The van der Waals surface area contributed by atoms with Gasteiger partial charge in [-0.3, -0.25) is 4.79 Å². The highest BCUT2D eigenvalue weighted by Crippen LogP contribution is 2.18. The Hall–Kier alpha value is -1.77. The summed E-state index contributed by atoms with van der Waals surface area (Å²) >= 11 is 0. The molecule has 1 aromatic rings. The highest BCUT2D eigenvalue weighted by Gasteiger charge is 2.21. The first-order valence-corrected chi connectivity index (χ1v) is 5.01. The van der Waals surface area contributed by atoms with E-state index in [9.17, 15) is 4.79 Å². The lowest BCUT2D eigenvalue weighted by Crippen LogP contribution is -2.22. The lowest BCUT2D eigenvalue weighted by molar-refractivity contribution is -0.116. The average Bonchev–Trinajstić information content (AvgIpc) is 3.01. The third-order valence-electron chi connectivity index (χ3n) is 2.24. The van der Waals surface area contributed by atoms with Gasteiger partial charge >= 0.3 is 0 Å². The van der Waals surface area contributed by atoms with Crippen molar-refractivity contribution in [3.05, 3.63) is 35.9 Å². The van der Waals surface area contributed by atoms with Crippen LogP contribution in [0, 0.1) is 0 Å². The topological polar surface area (TPSA) is 49.3 Å². The quantitative estimate of drug-likeness (QED) is 0.734. The maximum atomic E-state index is 11.3. The molecule has 1 aromatic carbocycles. The van der Waals surface area contributed by atoms with Crippen molar-refractivity contribution in [1.29, 1.82) is 0 Å².